The summed E-state index contributed by atoms with van der Waals surface area (Å²) in [7, 11) is 0. The van der Waals surface area contributed by atoms with Gasteiger partial charge < -0.3 is 20.5 Å². The Labute approximate surface area is 217 Å². The molecule has 1 saturated heterocycles. The highest BCUT2D eigenvalue weighted by Crippen LogP contribution is 2.26. The third kappa shape index (κ3) is 6.00. The summed E-state index contributed by atoms with van der Waals surface area (Å²) in [4.78, 5) is 44.3. The lowest BCUT2D eigenvalue weighted by atomic mass is 10.1. The quantitative estimate of drug-likeness (QED) is 0.375. The number of hydrogen-bond donors (Lipinski definition) is 3. The zero-order valence-corrected chi connectivity index (χ0v) is 21.3. The number of benzene rings is 2. The molecular formula is C29H33N5O3. The molecule has 3 unspecified atom stereocenters. The SMILES string of the molecule is CCCCCC(NC(=O)c1cc2c(C)cccc2[nH]1)C(=O)N1CC(C(=O)Nc2ccccc2)CC1C#N. The van der Waals surface area contributed by atoms with E-state index in [9.17, 15) is 19.6 Å². The first-order chi connectivity index (χ1) is 17.9. The number of anilines is 1. The normalized spacial score (nSPS) is 17.8. The first kappa shape index (κ1) is 26.0. The van der Waals surface area contributed by atoms with E-state index in [1.807, 2.05) is 43.3 Å². The predicted molar refractivity (Wildman–Crippen MR) is 143 cm³/mol. The van der Waals surface area contributed by atoms with E-state index in [0.717, 1.165) is 35.7 Å². The maximum atomic E-state index is 13.6. The van der Waals surface area contributed by atoms with Gasteiger partial charge in [0.1, 0.15) is 17.8 Å². The van der Waals surface area contributed by atoms with Crippen LogP contribution in [-0.2, 0) is 9.59 Å². The molecule has 8 nitrogen and oxygen atoms in total. The van der Waals surface area contributed by atoms with Gasteiger partial charge in [0, 0.05) is 23.1 Å². The number of nitriles is 1. The summed E-state index contributed by atoms with van der Waals surface area (Å²) in [6, 6.07) is 17.4. The Bertz CT molecular complexity index is 1310. The second kappa shape index (κ2) is 11.7. The van der Waals surface area contributed by atoms with Gasteiger partial charge in [-0.3, -0.25) is 14.4 Å². The smallest absolute Gasteiger partial charge is 0.268 e. The average molecular weight is 500 g/mol. The van der Waals surface area contributed by atoms with Crippen LogP contribution < -0.4 is 10.6 Å². The van der Waals surface area contributed by atoms with Crippen LogP contribution in [0.15, 0.2) is 54.6 Å². The minimum Gasteiger partial charge on any atom is -0.351 e. The van der Waals surface area contributed by atoms with Crippen molar-refractivity contribution in [2.24, 2.45) is 5.92 Å². The molecule has 3 aromatic rings. The van der Waals surface area contributed by atoms with Gasteiger partial charge in [-0.2, -0.15) is 5.26 Å². The lowest BCUT2D eigenvalue weighted by Crippen LogP contribution is -2.50. The Morgan fingerprint density at radius 1 is 1.14 bits per heavy atom. The molecule has 3 atom stereocenters. The van der Waals surface area contributed by atoms with Crippen LogP contribution in [0, 0.1) is 24.2 Å². The number of unbranched alkanes of at least 4 members (excludes halogenated alkanes) is 2. The number of fused-ring (bicyclic) bond motifs is 1. The van der Waals surface area contributed by atoms with Crippen molar-refractivity contribution in [1.82, 2.24) is 15.2 Å². The molecule has 0 saturated carbocycles. The molecule has 4 rings (SSSR count). The van der Waals surface area contributed by atoms with Crippen molar-refractivity contribution in [3.63, 3.8) is 0 Å². The summed E-state index contributed by atoms with van der Waals surface area (Å²) >= 11 is 0. The zero-order valence-electron chi connectivity index (χ0n) is 21.3. The van der Waals surface area contributed by atoms with E-state index in [-0.39, 0.29) is 30.7 Å². The summed E-state index contributed by atoms with van der Waals surface area (Å²) < 4.78 is 0. The predicted octanol–water partition coefficient (Wildman–Crippen LogP) is 4.53. The first-order valence-electron chi connectivity index (χ1n) is 12.9. The van der Waals surface area contributed by atoms with Gasteiger partial charge >= 0.3 is 0 Å². The Balaban J connectivity index is 1.49. The molecule has 0 aliphatic carbocycles. The molecule has 2 heterocycles. The van der Waals surface area contributed by atoms with Gasteiger partial charge in [-0.15, -0.1) is 0 Å². The van der Waals surface area contributed by atoms with Gasteiger partial charge in [0.15, 0.2) is 0 Å². The van der Waals surface area contributed by atoms with Crippen molar-refractivity contribution in [2.75, 3.05) is 11.9 Å². The number of para-hydroxylation sites is 1. The van der Waals surface area contributed by atoms with E-state index in [2.05, 4.69) is 28.6 Å². The van der Waals surface area contributed by atoms with Crippen molar-refractivity contribution in [3.8, 4) is 6.07 Å². The van der Waals surface area contributed by atoms with Crippen molar-refractivity contribution in [3.05, 3.63) is 65.9 Å². The number of nitrogens with zero attached hydrogens (tertiary/aromatic N) is 2. The number of rotatable bonds is 9. The van der Waals surface area contributed by atoms with Crippen LogP contribution in [0.4, 0.5) is 5.69 Å². The van der Waals surface area contributed by atoms with Crippen LogP contribution in [0.1, 0.15) is 55.1 Å². The first-order valence-corrected chi connectivity index (χ1v) is 12.9. The second-order valence-electron chi connectivity index (χ2n) is 9.66. The van der Waals surface area contributed by atoms with Crippen molar-refractivity contribution in [1.29, 1.82) is 5.26 Å². The number of carbonyl (C=O) groups is 3. The molecule has 0 bridgehead atoms. The van der Waals surface area contributed by atoms with Gasteiger partial charge in [-0.25, -0.2) is 0 Å². The van der Waals surface area contributed by atoms with Crippen molar-refractivity contribution >= 4 is 34.3 Å². The molecule has 1 aliphatic heterocycles. The topological polar surface area (TPSA) is 118 Å². The number of amides is 3. The number of H-pyrrole nitrogens is 1. The second-order valence-corrected chi connectivity index (χ2v) is 9.66. The van der Waals surface area contributed by atoms with E-state index in [4.69, 9.17) is 0 Å². The van der Waals surface area contributed by atoms with E-state index in [1.165, 1.54) is 4.90 Å². The van der Waals surface area contributed by atoms with Crippen LogP contribution in [-0.4, -0.2) is 46.2 Å². The van der Waals surface area contributed by atoms with Crippen LogP contribution in [0.25, 0.3) is 10.9 Å². The Kier molecular flexibility index (Phi) is 8.24. The Morgan fingerprint density at radius 2 is 1.92 bits per heavy atom. The summed E-state index contributed by atoms with van der Waals surface area (Å²) in [6.45, 7) is 4.19. The fraction of sp³-hybridized carbons (Fsp3) is 0.379. The molecule has 37 heavy (non-hydrogen) atoms. The monoisotopic (exact) mass is 499 g/mol. The Hall–Kier alpha value is -4.12. The third-order valence-corrected chi connectivity index (χ3v) is 6.97. The molecule has 0 radical (unpaired) electrons. The molecule has 2 aromatic carbocycles. The van der Waals surface area contributed by atoms with Gasteiger partial charge in [-0.1, -0.05) is 56.5 Å². The summed E-state index contributed by atoms with van der Waals surface area (Å²) in [5.41, 5.74) is 2.97. The van der Waals surface area contributed by atoms with Gasteiger partial charge in [0.25, 0.3) is 5.91 Å². The summed E-state index contributed by atoms with van der Waals surface area (Å²) in [5.74, 6) is -1.41. The highest BCUT2D eigenvalue weighted by Gasteiger charge is 2.41. The number of carbonyl (C=O) groups excluding carboxylic acids is 3. The number of aromatic amines is 1. The van der Waals surface area contributed by atoms with Gasteiger partial charge in [0.05, 0.1) is 12.0 Å². The lowest BCUT2D eigenvalue weighted by Gasteiger charge is -2.26. The van der Waals surface area contributed by atoms with Gasteiger partial charge in [0.2, 0.25) is 11.8 Å². The number of nitrogens with one attached hydrogen (secondary N) is 3. The largest absolute Gasteiger partial charge is 0.351 e. The average Bonchev–Trinajstić information content (AvgIpc) is 3.54. The Morgan fingerprint density at radius 3 is 2.62 bits per heavy atom. The molecule has 192 valence electrons. The van der Waals surface area contributed by atoms with E-state index in [1.54, 1.807) is 18.2 Å². The molecular weight excluding hydrogens is 466 g/mol. The standard InChI is InChI=1S/C29H33N5O3/c1-3-4-6-13-25(33-28(36)26-16-23-19(2)10-9-14-24(23)32-26)29(37)34-18-20(15-22(34)17-30)27(35)31-21-11-7-5-8-12-21/h5,7-12,14,16,20,22,25,32H,3-4,6,13,15,18H2,1-2H3,(H,31,35)(H,33,36). The molecule has 1 aliphatic rings. The van der Waals surface area contributed by atoms with Crippen LogP contribution in [0.5, 0.6) is 0 Å². The van der Waals surface area contributed by atoms with E-state index in [0.29, 0.717) is 17.8 Å². The fourth-order valence-corrected chi connectivity index (χ4v) is 4.88. The van der Waals surface area contributed by atoms with Crippen LogP contribution in [0.3, 0.4) is 0 Å². The third-order valence-electron chi connectivity index (χ3n) is 6.97. The van der Waals surface area contributed by atoms with Crippen molar-refractivity contribution in [2.45, 2.75) is 58.0 Å². The fourth-order valence-electron chi connectivity index (χ4n) is 4.88. The van der Waals surface area contributed by atoms with Crippen molar-refractivity contribution < 1.29 is 14.4 Å². The molecule has 1 fully saturated rings. The number of hydrogen-bond acceptors (Lipinski definition) is 4. The molecule has 3 amide bonds. The lowest BCUT2D eigenvalue weighted by molar-refractivity contribution is -0.133. The number of likely N-dealkylation sites (tertiary alicyclic amines) is 1. The number of aromatic nitrogens is 1. The highest BCUT2D eigenvalue weighted by molar-refractivity contribution is 6.01. The molecule has 8 heteroatoms. The maximum absolute atomic E-state index is 13.6. The van der Waals surface area contributed by atoms with Crippen LogP contribution >= 0.6 is 0 Å². The molecule has 1 aromatic heterocycles. The van der Waals surface area contributed by atoms with E-state index < -0.39 is 18.0 Å². The molecule has 3 N–H and O–H groups in total. The van der Waals surface area contributed by atoms with Gasteiger partial charge in [-0.05, 0) is 49.6 Å². The van der Waals surface area contributed by atoms with E-state index >= 15 is 0 Å². The van der Waals surface area contributed by atoms with Crippen LogP contribution in [0.2, 0.25) is 0 Å². The zero-order chi connectivity index (χ0) is 26.4. The minimum absolute atomic E-state index is 0.140. The highest BCUT2D eigenvalue weighted by atomic mass is 16.2. The summed E-state index contributed by atoms with van der Waals surface area (Å²) in [5, 5.41) is 16.5. The minimum atomic E-state index is -0.779. The number of aryl methyl sites for hydroxylation is 1. The molecule has 0 spiro atoms. The summed E-state index contributed by atoms with van der Waals surface area (Å²) in [6.07, 6.45) is 3.39. The maximum Gasteiger partial charge on any atom is 0.268 e.